The minimum absolute atomic E-state index is 0. The fraction of sp³-hybridized carbons (Fsp3) is 1.00. The molecule has 0 heterocycles. The first kappa shape index (κ1) is 31.6. The number of halogens is 5. The predicted octanol–water partition coefficient (Wildman–Crippen LogP) is 1.42. The molecular weight excluding hydrogens is 552 g/mol. The van der Waals surface area contributed by atoms with Crippen molar-refractivity contribution in [2.24, 2.45) is 5.73 Å². The molecule has 0 amide bonds. The van der Waals surface area contributed by atoms with E-state index in [-0.39, 0.29) is 67.9 Å². The molecule has 0 aromatic rings. The van der Waals surface area contributed by atoms with E-state index in [0.29, 0.717) is 6.54 Å². The molecule has 0 aliphatic carbocycles. The molecule has 0 spiro atoms. The lowest BCUT2D eigenvalue weighted by molar-refractivity contribution is 0.592. The molecule has 0 aliphatic heterocycles. The molecule has 0 radical (unpaired) electrons. The van der Waals surface area contributed by atoms with Crippen LogP contribution in [0.4, 0.5) is 0 Å². The van der Waals surface area contributed by atoms with Crippen molar-refractivity contribution in [3.63, 3.8) is 0 Å². The Kier molecular flexibility index (Phi) is 57.4. The molecule has 0 unspecified atom stereocenters. The Bertz CT molecular complexity index is 92.0. The molecule has 17 heavy (non-hydrogen) atoms. The van der Waals surface area contributed by atoms with Crippen LogP contribution in [0.25, 0.3) is 0 Å². The zero-order chi connectivity index (χ0) is 9.78. The zero-order valence-electron chi connectivity index (χ0n) is 9.75. The second-order valence-electron chi connectivity index (χ2n) is 2.73. The smallest absolute Gasteiger partial charge is 0.0157 e. The molecule has 0 bridgehead atoms. The van der Waals surface area contributed by atoms with Crippen LogP contribution in [0.1, 0.15) is 0 Å². The molecule has 0 aliphatic rings. The minimum atomic E-state index is 0. The summed E-state index contributed by atoms with van der Waals surface area (Å²) in [6.07, 6.45) is 0. The van der Waals surface area contributed by atoms with Gasteiger partial charge in [0.25, 0.3) is 0 Å². The van der Waals surface area contributed by atoms with Crippen molar-refractivity contribution in [2.45, 2.75) is 0 Å². The van der Waals surface area contributed by atoms with Gasteiger partial charge in [0.2, 0.25) is 0 Å². The first-order chi connectivity index (χ1) is 6.41. The van der Waals surface area contributed by atoms with Crippen LogP contribution in [0, 0.1) is 0 Å². The van der Waals surface area contributed by atoms with Gasteiger partial charge >= 0.3 is 0 Å². The number of hydrogen-bond donors (Lipinski definition) is 4. The summed E-state index contributed by atoms with van der Waals surface area (Å²) in [5.74, 6) is 0. The monoisotopic (exact) mass is 572 g/mol. The third kappa shape index (κ3) is 32.1. The highest BCUT2D eigenvalue weighted by Crippen LogP contribution is 1.72. The molecule has 112 valence electrons. The summed E-state index contributed by atoms with van der Waals surface area (Å²) in [7, 11) is 0. The Labute approximate surface area is 155 Å². The van der Waals surface area contributed by atoms with Gasteiger partial charge in [-0.1, -0.05) is 15.9 Å². The van der Waals surface area contributed by atoms with Gasteiger partial charge in [-0.05, 0) is 0 Å². The van der Waals surface area contributed by atoms with Crippen LogP contribution in [0.2, 0.25) is 0 Å². The van der Waals surface area contributed by atoms with Gasteiger partial charge in [-0.25, -0.2) is 0 Å². The average molecular weight is 577 g/mol. The molecule has 0 fully saturated rings. The quantitative estimate of drug-likeness (QED) is 0.235. The first-order valence-electron chi connectivity index (χ1n) is 4.80. The highest BCUT2D eigenvalue weighted by Gasteiger charge is 1.87. The zero-order valence-corrected chi connectivity index (χ0v) is 18.2. The third-order valence-corrected chi connectivity index (χ3v) is 1.95. The van der Waals surface area contributed by atoms with Gasteiger partial charge in [0.05, 0.1) is 0 Å². The molecule has 0 aromatic carbocycles. The van der Waals surface area contributed by atoms with E-state index in [9.17, 15) is 0 Å². The number of rotatable bonds is 10. The van der Waals surface area contributed by atoms with E-state index in [1.165, 1.54) is 0 Å². The highest BCUT2D eigenvalue weighted by atomic mass is 79.9. The fourth-order valence-electron chi connectivity index (χ4n) is 0.897. The van der Waals surface area contributed by atoms with Gasteiger partial charge in [-0.15, -0.1) is 67.9 Å². The SMILES string of the molecule is Br.Br.Br.Br.NCCNCCNCCNCCBr. The summed E-state index contributed by atoms with van der Waals surface area (Å²) in [4.78, 5) is 0. The van der Waals surface area contributed by atoms with Crippen LogP contribution >= 0.6 is 83.9 Å². The van der Waals surface area contributed by atoms with Gasteiger partial charge in [0, 0.05) is 51.1 Å². The fourth-order valence-corrected chi connectivity index (χ4v) is 1.18. The van der Waals surface area contributed by atoms with Crippen LogP contribution in [0.5, 0.6) is 0 Å². The summed E-state index contributed by atoms with van der Waals surface area (Å²) in [6.45, 7) is 6.72. The molecule has 5 N–H and O–H groups in total. The normalized spacial score (nSPS) is 8.12. The van der Waals surface area contributed by atoms with E-state index in [1.54, 1.807) is 0 Å². The van der Waals surface area contributed by atoms with E-state index < -0.39 is 0 Å². The largest absolute Gasteiger partial charge is 0.329 e. The summed E-state index contributed by atoms with van der Waals surface area (Å²) in [5.41, 5.74) is 5.33. The summed E-state index contributed by atoms with van der Waals surface area (Å²) in [5, 5.41) is 10.9. The van der Waals surface area contributed by atoms with Crippen molar-refractivity contribution in [3.05, 3.63) is 0 Å². The lowest BCUT2D eigenvalue weighted by atomic mass is 10.5. The Morgan fingerprint density at radius 1 is 0.647 bits per heavy atom. The molecule has 0 aromatic heterocycles. The van der Waals surface area contributed by atoms with Crippen LogP contribution in [-0.2, 0) is 0 Å². The van der Waals surface area contributed by atoms with Crippen molar-refractivity contribution in [1.82, 2.24) is 16.0 Å². The van der Waals surface area contributed by atoms with Crippen molar-refractivity contribution in [2.75, 3.05) is 51.1 Å². The maximum atomic E-state index is 5.33. The highest BCUT2D eigenvalue weighted by molar-refractivity contribution is 9.09. The van der Waals surface area contributed by atoms with Crippen LogP contribution in [0.3, 0.4) is 0 Å². The first-order valence-corrected chi connectivity index (χ1v) is 5.92. The molecule has 0 saturated carbocycles. The van der Waals surface area contributed by atoms with Gasteiger partial charge in [-0.2, -0.15) is 0 Å². The molecule has 0 atom stereocenters. The van der Waals surface area contributed by atoms with Crippen LogP contribution in [-0.4, -0.2) is 51.1 Å². The Morgan fingerprint density at radius 3 is 1.35 bits per heavy atom. The van der Waals surface area contributed by atoms with Gasteiger partial charge in [0.1, 0.15) is 0 Å². The van der Waals surface area contributed by atoms with Gasteiger partial charge in [0.15, 0.2) is 0 Å². The van der Waals surface area contributed by atoms with Crippen LogP contribution < -0.4 is 21.7 Å². The summed E-state index contributed by atoms with van der Waals surface area (Å²) >= 11 is 3.36. The van der Waals surface area contributed by atoms with Crippen LogP contribution in [0.15, 0.2) is 0 Å². The number of hydrogen-bond acceptors (Lipinski definition) is 4. The maximum absolute atomic E-state index is 5.33. The van der Waals surface area contributed by atoms with Gasteiger partial charge < -0.3 is 21.7 Å². The molecule has 9 heteroatoms. The summed E-state index contributed by atoms with van der Waals surface area (Å²) < 4.78 is 0. The second-order valence-corrected chi connectivity index (χ2v) is 3.52. The van der Waals surface area contributed by atoms with E-state index >= 15 is 0 Å². The lowest BCUT2D eigenvalue weighted by Crippen LogP contribution is -2.34. The van der Waals surface area contributed by atoms with E-state index in [4.69, 9.17) is 5.73 Å². The molecule has 0 saturated heterocycles. The van der Waals surface area contributed by atoms with Crippen molar-refractivity contribution < 1.29 is 0 Å². The van der Waals surface area contributed by atoms with E-state index in [2.05, 4.69) is 31.9 Å². The standard InChI is InChI=1S/C8H21BrN4.4BrH/c9-1-3-11-5-7-13-8-6-12-4-2-10;;;;/h11-13H,1-8,10H2;4*1H. The topological polar surface area (TPSA) is 62.1 Å². The second kappa shape index (κ2) is 30.9. The Hall–Kier alpha value is 2.24. The molecular formula is C8H25Br5N4. The average Bonchev–Trinajstić information content (AvgIpc) is 2.16. The van der Waals surface area contributed by atoms with Crippen molar-refractivity contribution >= 4 is 83.9 Å². The summed E-state index contributed by atoms with van der Waals surface area (Å²) in [6, 6.07) is 0. The Balaban J connectivity index is -0.000000120. The number of nitrogens with two attached hydrogens (primary N) is 1. The van der Waals surface area contributed by atoms with Crippen molar-refractivity contribution in [1.29, 1.82) is 0 Å². The van der Waals surface area contributed by atoms with Crippen molar-refractivity contribution in [3.8, 4) is 0 Å². The number of nitrogens with one attached hydrogen (secondary N) is 3. The minimum Gasteiger partial charge on any atom is -0.329 e. The molecule has 0 rings (SSSR count). The van der Waals surface area contributed by atoms with E-state index in [0.717, 1.165) is 44.6 Å². The Morgan fingerprint density at radius 2 is 1.00 bits per heavy atom. The molecule has 4 nitrogen and oxygen atoms in total. The predicted molar refractivity (Wildman–Crippen MR) is 103 cm³/mol. The maximum Gasteiger partial charge on any atom is 0.0157 e. The third-order valence-electron chi connectivity index (χ3n) is 1.55. The van der Waals surface area contributed by atoms with E-state index in [1.807, 2.05) is 0 Å². The van der Waals surface area contributed by atoms with Gasteiger partial charge in [-0.3, -0.25) is 0 Å². The number of alkyl halides is 1. The lowest BCUT2D eigenvalue weighted by Gasteiger charge is -2.06.